The average Bonchev–Trinajstić information content (AvgIpc) is 2.38. The number of piperidine rings is 1. The minimum atomic E-state index is 0.412. The molecule has 0 aliphatic carbocycles. The molecular weight excluding hydrogens is 214 g/mol. The van der Waals surface area contributed by atoms with Gasteiger partial charge in [-0.05, 0) is 38.6 Å². The van der Waals surface area contributed by atoms with E-state index in [2.05, 4.69) is 11.9 Å². The van der Waals surface area contributed by atoms with E-state index in [0.717, 1.165) is 18.0 Å². The molecular formula is C14H21NO2. The first-order valence-electron chi connectivity index (χ1n) is 6.19. The van der Waals surface area contributed by atoms with Gasteiger partial charge >= 0.3 is 0 Å². The fourth-order valence-corrected chi connectivity index (χ4v) is 2.65. The van der Waals surface area contributed by atoms with Gasteiger partial charge in [0.15, 0.2) is 0 Å². The highest BCUT2D eigenvalue weighted by Gasteiger charge is 2.26. The van der Waals surface area contributed by atoms with Gasteiger partial charge < -0.3 is 9.47 Å². The van der Waals surface area contributed by atoms with Gasteiger partial charge in [-0.1, -0.05) is 12.5 Å². The fourth-order valence-electron chi connectivity index (χ4n) is 2.65. The minimum Gasteiger partial charge on any atom is -0.496 e. The summed E-state index contributed by atoms with van der Waals surface area (Å²) in [5.41, 5.74) is 1.19. The SMILES string of the molecule is COc1cccc(OC)c1[C@@H]1CCCCN1C. The Morgan fingerprint density at radius 2 is 1.76 bits per heavy atom. The predicted octanol–water partition coefficient (Wildman–Crippen LogP) is 2.86. The van der Waals surface area contributed by atoms with Gasteiger partial charge in [0.1, 0.15) is 11.5 Å². The zero-order valence-electron chi connectivity index (χ0n) is 10.9. The third kappa shape index (κ3) is 2.39. The summed E-state index contributed by atoms with van der Waals surface area (Å²) in [4.78, 5) is 2.39. The molecule has 1 fully saturated rings. The van der Waals surface area contributed by atoms with Crippen molar-refractivity contribution in [2.45, 2.75) is 25.3 Å². The number of likely N-dealkylation sites (tertiary alicyclic amines) is 1. The quantitative estimate of drug-likeness (QED) is 0.804. The van der Waals surface area contributed by atoms with Gasteiger partial charge in [-0.15, -0.1) is 0 Å². The van der Waals surface area contributed by atoms with Crippen LogP contribution in [0.15, 0.2) is 18.2 Å². The lowest BCUT2D eigenvalue weighted by atomic mass is 9.94. The maximum Gasteiger partial charge on any atom is 0.127 e. The van der Waals surface area contributed by atoms with Crippen LogP contribution in [0, 0.1) is 0 Å². The van der Waals surface area contributed by atoms with Crippen LogP contribution in [-0.2, 0) is 0 Å². The van der Waals surface area contributed by atoms with Crippen molar-refractivity contribution in [1.29, 1.82) is 0 Å². The molecule has 0 aromatic heterocycles. The van der Waals surface area contributed by atoms with Gasteiger partial charge in [-0.2, -0.15) is 0 Å². The number of rotatable bonds is 3. The highest BCUT2D eigenvalue weighted by Crippen LogP contribution is 2.40. The number of benzene rings is 1. The van der Waals surface area contributed by atoms with Gasteiger partial charge in [0.2, 0.25) is 0 Å². The second kappa shape index (κ2) is 5.41. The number of hydrogen-bond donors (Lipinski definition) is 0. The first-order chi connectivity index (χ1) is 8.27. The monoisotopic (exact) mass is 235 g/mol. The summed E-state index contributed by atoms with van der Waals surface area (Å²) >= 11 is 0. The molecule has 1 heterocycles. The summed E-state index contributed by atoms with van der Waals surface area (Å²) in [6, 6.07) is 6.42. The lowest BCUT2D eigenvalue weighted by Gasteiger charge is -2.34. The number of methoxy groups -OCH3 is 2. The molecule has 0 bridgehead atoms. The van der Waals surface area contributed by atoms with Crippen LogP contribution >= 0.6 is 0 Å². The molecule has 3 heteroatoms. The Bertz CT molecular complexity index is 356. The van der Waals surface area contributed by atoms with Crippen molar-refractivity contribution in [1.82, 2.24) is 4.90 Å². The lowest BCUT2D eigenvalue weighted by molar-refractivity contribution is 0.179. The van der Waals surface area contributed by atoms with Gasteiger partial charge in [-0.3, -0.25) is 4.90 Å². The van der Waals surface area contributed by atoms with Gasteiger partial charge in [-0.25, -0.2) is 0 Å². The second-order valence-corrected chi connectivity index (χ2v) is 4.57. The van der Waals surface area contributed by atoms with Crippen LogP contribution in [0.2, 0.25) is 0 Å². The number of ether oxygens (including phenoxy) is 2. The lowest BCUT2D eigenvalue weighted by Crippen LogP contribution is -2.30. The van der Waals surface area contributed by atoms with E-state index in [9.17, 15) is 0 Å². The second-order valence-electron chi connectivity index (χ2n) is 4.57. The van der Waals surface area contributed by atoms with Crippen molar-refractivity contribution in [3.05, 3.63) is 23.8 Å². The summed E-state index contributed by atoms with van der Waals surface area (Å²) in [7, 11) is 5.62. The number of nitrogens with zero attached hydrogens (tertiary/aromatic N) is 1. The molecule has 1 aliphatic heterocycles. The Labute approximate surface area is 103 Å². The maximum atomic E-state index is 5.48. The van der Waals surface area contributed by atoms with Crippen molar-refractivity contribution in [3.8, 4) is 11.5 Å². The molecule has 1 saturated heterocycles. The molecule has 17 heavy (non-hydrogen) atoms. The number of hydrogen-bond acceptors (Lipinski definition) is 3. The fraction of sp³-hybridized carbons (Fsp3) is 0.571. The molecule has 94 valence electrons. The molecule has 0 amide bonds. The van der Waals surface area contributed by atoms with E-state index in [-0.39, 0.29) is 0 Å². The van der Waals surface area contributed by atoms with Crippen molar-refractivity contribution >= 4 is 0 Å². The summed E-state index contributed by atoms with van der Waals surface area (Å²) in [6.45, 7) is 1.14. The molecule has 3 nitrogen and oxygen atoms in total. The van der Waals surface area contributed by atoms with E-state index < -0.39 is 0 Å². The van der Waals surface area contributed by atoms with Crippen LogP contribution in [0.4, 0.5) is 0 Å². The van der Waals surface area contributed by atoms with Crippen LogP contribution < -0.4 is 9.47 Å². The molecule has 0 saturated carbocycles. The molecule has 2 rings (SSSR count). The normalized spacial score (nSPS) is 21.2. The summed E-state index contributed by atoms with van der Waals surface area (Å²) < 4.78 is 11.0. The first kappa shape index (κ1) is 12.2. The maximum absolute atomic E-state index is 5.48. The highest BCUT2D eigenvalue weighted by molar-refractivity contribution is 5.47. The molecule has 0 unspecified atom stereocenters. The predicted molar refractivity (Wildman–Crippen MR) is 68.8 cm³/mol. The van der Waals surface area contributed by atoms with E-state index in [4.69, 9.17) is 9.47 Å². The van der Waals surface area contributed by atoms with E-state index >= 15 is 0 Å². The van der Waals surface area contributed by atoms with Gasteiger partial charge in [0.05, 0.1) is 19.8 Å². The summed E-state index contributed by atoms with van der Waals surface area (Å²) in [5.74, 6) is 1.87. The first-order valence-corrected chi connectivity index (χ1v) is 6.19. The van der Waals surface area contributed by atoms with E-state index in [1.165, 1.54) is 24.8 Å². The standard InChI is InChI=1S/C14H21NO2/c1-15-10-5-4-7-11(15)14-12(16-2)8-6-9-13(14)17-3/h6,8-9,11H,4-5,7,10H2,1-3H3/t11-/m0/s1. The topological polar surface area (TPSA) is 21.7 Å². The van der Waals surface area contributed by atoms with Crippen LogP contribution in [0.3, 0.4) is 0 Å². The Morgan fingerprint density at radius 3 is 2.29 bits per heavy atom. The van der Waals surface area contributed by atoms with E-state index in [1.807, 2.05) is 18.2 Å². The minimum absolute atomic E-state index is 0.412. The Kier molecular flexibility index (Phi) is 3.89. The van der Waals surface area contributed by atoms with Crippen molar-refractivity contribution in [3.63, 3.8) is 0 Å². The van der Waals surface area contributed by atoms with Crippen LogP contribution in [0.1, 0.15) is 30.9 Å². The molecule has 1 aromatic carbocycles. The molecule has 0 radical (unpaired) electrons. The Balaban J connectivity index is 2.40. The molecule has 1 aliphatic rings. The zero-order chi connectivity index (χ0) is 12.3. The van der Waals surface area contributed by atoms with Crippen LogP contribution in [-0.4, -0.2) is 32.7 Å². The zero-order valence-corrected chi connectivity index (χ0v) is 10.9. The summed E-state index contributed by atoms with van der Waals surface area (Å²) in [6.07, 6.45) is 3.73. The largest absolute Gasteiger partial charge is 0.496 e. The average molecular weight is 235 g/mol. The molecule has 0 N–H and O–H groups in total. The van der Waals surface area contributed by atoms with Gasteiger partial charge in [0.25, 0.3) is 0 Å². The smallest absolute Gasteiger partial charge is 0.127 e. The molecule has 1 aromatic rings. The van der Waals surface area contributed by atoms with Crippen LogP contribution in [0.5, 0.6) is 11.5 Å². The van der Waals surface area contributed by atoms with E-state index in [0.29, 0.717) is 6.04 Å². The van der Waals surface area contributed by atoms with E-state index in [1.54, 1.807) is 14.2 Å². The van der Waals surface area contributed by atoms with Crippen molar-refractivity contribution in [2.24, 2.45) is 0 Å². The third-order valence-electron chi connectivity index (χ3n) is 3.57. The third-order valence-corrected chi connectivity index (χ3v) is 3.57. The Morgan fingerprint density at radius 1 is 1.12 bits per heavy atom. The van der Waals surface area contributed by atoms with Crippen molar-refractivity contribution < 1.29 is 9.47 Å². The van der Waals surface area contributed by atoms with Crippen LogP contribution in [0.25, 0.3) is 0 Å². The summed E-state index contributed by atoms with van der Waals surface area (Å²) in [5, 5.41) is 0. The molecule has 1 atom stereocenters. The van der Waals surface area contributed by atoms with Crippen molar-refractivity contribution in [2.75, 3.05) is 27.8 Å². The highest BCUT2D eigenvalue weighted by atomic mass is 16.5. The molecule has 0 spiro atoms. The van der Waals surface area contributed by atoms with Gasteiger partial charge in [0, 0.05) is 6.04 Å². The Hall–Kier alpha value is -1.22.